The van der Waals surface area contributed by atoms with Crippen molar-refractivity contribution in [3.63, 3.8) is 0 Å². The Balaban J connectivity index is 2.34. The first kappa shape index (κ1) is 24.1. The van der Waals surface area contributed by atoms with Crippen molar-refractivity contribution in [2.24, 2.45) is 0 Å². The minimum Gasteiger partial charge on any atom is -0.354 e. The van der Waals surface area contributed by atoms with Crippen LogP contribution in [0.2, 0.25) is 0 Å². The maximum atomic E-state index is 13.4. The summed E-state index contributed by atoms with van der Waals surface area (Å²) in [6.45, 7) is 6.70. The van der Waals surface area contributed by atoms with E-state index in [1.54, 1.807) is 23.1 Å². The molecule has 7 nitrogen and oxygen atoms in total. The topological polar surface area (TPSA) is 92.6 Å². The molecule has 0 fully saturated rings. The first-order chi connectivity index (χ1) is 14.9. The smallest absolute Gasteiger partial charge is 0.273 e. The SMILES string of the molecule is CCCCNC(=O)[C@@H](CC)N(Cc1ccccc1C)C(=O)Cc1ccccc1[N+](=O)[O-]. The predicted molar refractivity (Wildman–Crippen MR) is 121 cm³/mol. The van der Waals surface area contributed by atoms with Crippen LogP contribution >= 0.6 is 0 Å². The van der Waals surface area contributed by atoms with Gasteiger partial charge in [0.2, 0.25) is 11.8 Å². The van der Waals surface area contributed by atoms with E-state index in [1.807, 2.05) is 45.0 Å². The Morgan fingerprint density at radius 2 is 1.71 bits per heavy atom. The van der Waals surface area contributed by atoms with Crippen molar-refractivity contribution < 1.29 is 14.5 Å². The van der Waals surface area contributed by atoms with Gasteiger partial charge >= 0.3 is 0 Å². The lowest BCUT2D eigenvalue weighted by Crippen LogP contribution is -2.49. The quantitative estimate of drug-likeness (QED) is 0.332. The van der Waals surface area contributed by atoms with Crippen molar-refractivity contribution in [2.45, 2.75) is 59.0 Å². The monoisotopic (exact) mass is 425 g/mol. The molecule has 2 rings (SSSR count). The highest BCUT2D eigenvalue weighted by Crippen LogP contribution is 2.21. The largest absolute Gasteiger partial charge is 0.354 e. The molecule has 0 aromatic heterocycles. The van der Waals surface area contributed by atoms with Gasteiger partial charge < -0.3 is 10.2 Å². The predicted octanol–water partition coefficient (Wildman–Crippen LogP) is 4.17. The molecule has 0 unspecified atom stereocenters. The zero-order valence-electron chi connectivity index (χ0n) is 18.5. The molecule has 2 aromatic rings. The third kappa shape index (κ3) is 6.64. The highest BCUT2D eigenvalue weighted by molar-refractivity contribution is 5.88. The number of nitro benzene ring substituents is 1. The molecule has 7 heteroatoms. The van der Waals surface area contributed by atoms with Crippen molar-refractivity contribution in [3.05, 3.63) is 75.3 Å². The minimum absolute atomic E-state index is 0.0906. The van der Waals surface area contributed by atoms with E-state index < -0.39 is 11.0 Å². The molecule has 31 heavy (non-hydrogen) atoms. The molecule has 0 heterocycles. The van der Waals surface area contributed by atoms with Gasteiger partial charge in [0, 0.05) is 24.7 Å². The molecule has 0 saturated carbocycles. The third-order valence-electron chi connectivity index (χ3n) is 5.35. The van der Waals surface area contributed by atoms with Gasteiger partial charge in [0.25, 0.3) is 5.69 Å². The number of hydrogen-bond donors (Lipinski definition) is 1. The van der Waals surface area contributed by atoms with E-state index in [9.17, 15) is 19.7 Å². The van der Waals surface area contributed by atoms with Crippen LogP contribution < -0.4 is 5.32 Å². The van der Waals surface area contributed by atoms with Crippen LogP contribution in [0.25, 0.3) is 0 Å². The lowest BCUT2D eigenvalue weighted by molar-refractivity contribution is -0.385. The molecule has 2 amide bonds. The summed E-state index contributed by atoms with van der Waals surface area (Å²) < 4.78 is 0. The second kappa shape index (κ2) is 11.8. The molecule has 1 atom stereocenters. The lowest BCUT2D eigenvalue weighted by Gasteiger charge is -2.31. The zero-order valence-corrected chi connectivity index (χ0v) is 18.5. The average Bonchev–Trinajstić information content (AvgIpc) is 2.75. The van der Waals surface area contributed by atoms with E-state index in [1.165, 1.54) is 6.07 Å². The summed E-state index contributed by atoms with van der Waals surface area (Å²) in [6.07, 6.45) is 2.14. The van der Waals surface area contributed by atoms with Crippen LogP contribution in [-0.4, -0.2) is 34.2 Å². The number of nitro groups is 1. The molecule has 0 spiro atoms. The van der Waals surface area contributed by atoms with Gasteiger partial charge in [-0.25, -0.2) is 0 Å². The summed E-state index contributed by atoms with van der Waals surface area (Å²) in [5, 5.41) is 14.3. The number of aryl methyl sites for hydroxylation is 1. The second-order valence-corrected chi connectivity index (χ2v) is 7.58. The summed E-state index contributed by atoms with van der Waals surface area (Å²) in [6, 6.07) is 13.3. The molecule has 0 saturated heterocycles. The standard InChI is InChI=1S/C24H31N3O4/c1-4-6-15-25-24(29)21(5-2)26(17-20-13-8-7-11-18(20)3)23(28)16-19-12-9-10-14-22(19)27(30)31/h7-14,21H,4-6,15-17H2,1-3H3,(H,25,29)/t21-/m1/s1. The maximum absolute atomic E-state index is 13.4. The van der Waals surface area contributed by atoms with Gasteiger partial charge in [-0.15, -0.1) is 0 Å². The number of nitrogens with one attached hydrogen (secondary N) is 1. The van der Waals surface area contributed by atoms with Crippen molar-refractivity contribution in [1.82, 2.24) is 10.2 Å². The second-order valence-electron chi connectivity index (χ2n) is 7.58. The Hall–Kier alpha value is -3.22. The van der Waals surface area contributed by atoms with Gasteiger partial charge in [-0.2, -0.15) is 0 Å². The van der Waals surface area contributed by atoms with Crippen LogP contribution in [0.1, 0.15) is 49.8 Å². The Labute approximate surface area is 183 Å². The van der Waals surface area contributed by atoms with Crippen LogP contribution in [0.5, 0.6) is 0 Å². The fourth-order valence-electron chi connectivity index (χ4n) is 3.50. The average molecular weight is 426 g/mol. The molecular formula is C24H31N3O4. The first-order valence-electron chi connectivity index (χ1n) is 10.7. The Bertz CT molecular complexity index is 913. The van der Waals surface area contributed by atoms with Gasteiger partial charge in [-0.3, -0.25) is 19.7 Å². The molecule has 2 aromatic carbocycles. The van der Waals surface area contributed by atoms with Gasteiger partial charge in [0.05, 0.1) is 11.3 Å². The fraction of sp³-hybridized carbons (Fsp3) is 0.417. The van der Waals surface area contributed by atoms with Crippen molar-refractivity contribution in [1.29, 1.82) is 0 Å². The third-order valence-corrected chi connectivity index (χ3v) is 5.35. The van der Waals surface area contributed by atoms with Crippen LogP contribution in [-0.2, 0) is 22.6 Å². The van der Waals surface area contributed by atoms with Gasteiger partial charge in [-0.1, -0.05) is 62.7 Å². The fourth-order valence-corrected chi connectivity index (χ4v) is 3.50. The van der Waals surface area contributed by atoms with Crippen LogP contribution in [0.3, 0.4) is 0 Å². The summed E-state index contributed by atoms with van der Waals surface area (Å²) in [4.78, 5) is 38.7. The lowest BCUT2D eigenvalue weighted by atomic mass is 10.0. The summed E-state index contributed by atoms with van der Waals surface area (Å²) in [7, 11) is 0. The molecule has 0 bridgehead atoms. The number of para-hydroxylation sites is 1. The summed E-state index contributed by atoms with van der Waals surface area (Å²) in [5.41, 5.74) is 2.21. The number of nitrogens with zero attached hydrogens (tertiary/aromatic N) is 2. The van der Waals surface area contributed by atoms with Gasteiger partial charge in [0.1, 0.15) is 6.04 Å². The van der Waals surface area contributed by atoms with E-state index in [0.717, 1.165) is 24.0 Å². The van der Waals surface area contributed by atoms with E-state index in [4.69, 9.17) is 0 Å². The van der Waals surface area contributed by atoms with E-state index >= 15 is 0 Å². The van der Waals surface area contributed by atoms with Crippen molar-refractivity contribution in [3.8, 4) is 0 Å². The number of carbonyl (C=O) groups is 2. The molecule has 0 aliphatic heterocycles. The number of hydrogen-bond acceptors (Lipinski definition) is 4. The van der Waals surface area contributed by atoms with Crippen LogP contribution in [0.4, 0.5) is 5.69 Å². The van der Waals surface area contributed by atoms with E-state index in [2.05, 4.69) is 5.32 Å². The minimum atomic E-state index is -0.647. The molecule has 166 valence electrons. The molecule has 0 aliphatic rings. The molecule has 1 N–H and O–H groups in total. The number of unbranched alkanes of at least 4 members (excludes halogenated alkanes) is 1. The van der Waals surface area contributed by atoms with Gasteiger partial charge in [0.15, 0.2) is 0 Å². The number of carbonyl (C=O) groups excluding carboxylic acids is 2. The highest BCUT2D eigenvalue weighted by atomic mass is 16.6. The molecule has 0 radical (unpaired) electrons. The maximum Gasteiger partial charge on any atom is 0.273 e. The number of amides is 2. The number of benzene rings is 2. The Morgan fingerprint density at radius 1 is 1.06 bits per heavy atom. The van der Waals surface area contributed by atoms with Crippen LogP contribution in [0.15, 0.2) is 48.5 Å². The summed E-state index contributed by atoms with van der Waals surface area (Å²) >= 11 is 0. The van der Waals surface area contributed by atoms with E-state index in [-0.39, 0.29) is 30.5 Å². The van der Waals surface area contributed by atoms with Crippen molar-refractivity contribution >= 4 is 17.5 Å². The van der Waals surface area contributed by atoms with Gasteiger partial charge in [-0.05, 0) is 30.9 Å². The molecule has 0 aliphatic carbocycles. The van der Waals surface area contributed by atoms with Crippen molar-refractivity contribution in [2.75, 3.05) is 6.54 Å². The normalized spacial score (nSPS) is 11.6. The first-order valence-corrected chi connectivity index (χ1v) is 10.7. The van der Waals surface area contributed by atoms with Crippen LogP contribution in [0, 0.1) is 17.0 Å². The Kier molecular flexibility index (Phi) is 9.18. The zero-order chi connectivity index (χ0) is 22.8. The molecular weight excluding hydrogens is 394 g/mol. The Morgan fingerprint density at radius 3 is 2.32 bits per heavy atom. The highest BCUT2D eigenvalue weighted by Gasteiger charge is 2.30. The summed E-state index contributed by atoms with van der Waals surface area (Å²) in [5.74, 6) is -0.504. The number of rotatable bonds is 11. The van der Waals surface area contributed by atoms with E-state index in [0.29, 0.717) is 18.5 Å².